The zero-order chi connectivity index (χ0) is 26.2. The first-order valence-corrected chi connectivity index (χ1v) is 12.5. The number of hydrogen-bond acceptors (Lipinski definition) is 8. The second-order valence-electron chi connectivity index (χ2n) is 9.23. The number of carbonyl (C=O) groups excluding carboxylic acids is 3. The highest BCUT2D eigenvalue weighted by Crippen LogP contribution is 2.34. The first-order valence-electron chi connectivity index (χ1n) is 11.7. The molecule has 0 radical (unpaired) electrons. The van der Waals surface area contributed by atoms with E-state index in [1.54, 1.807) is 49.8 Å². The summed E-state index contributed by atoms with van der Waals surface area (Å²) in [7, 11) is 0. The summed E-state index contributed by atoms with van der Waals surface area (Å²) in [4.78, 5) is 52.0. The third kappa shape index (κ3) is 4.98. The smallest absolute Gasteiger partial charge is 0.325 e. The van der Waals surface area contributed by atoms with Crippen LogP contribution in [0.3, 0.4) is 0 Å². The Morgan fingerprint density at radius 1 is 1.14 bits per heavy atom. The number of urea groups is 1. The molecular formula is C26H25N7O3S. The number of fused-ring (bicyclic) bond motifs is 1. The fraction of sp³-hybridized carbons (Fsp3) is 0.231. The summed E-state index contributed by atoms with van der Waals surface area (Å²) in [5, 5.41) is 9.39. The number of carbonyl (C=O) groups is 3. The zero-order valence-corrected chi connectivity index (χ0v) is 21.3. The van der Waals surface area contributed by atoms with Crippen LogP contribution >= 0.6 is 11.3 Å². The first kappa shape index (κ1) is 24.3. The van der Waals surface area contributed by atoms with Gasteiger partial charge in [-0.05, 0) is 68.1 Å². The van der Waals surface area contributed by atoms with Crippen LogP contribution in [0.15, 0.2) is 55.0 Å². The van der Waals surface area contributed by atoms with Crippen LogP contribution in [-0.4, -0.2) is 56.3 Å². The van der Waals surface area contributed by atoms with E-state index < -0.39 is 11.6 Å². The number of amides is 4. The molecule has 1 fully saturated rings. The summed E-state index contributed by atoms with van der Waals surface area (Å²) in [5.41, 5.74) is 1.98. The van der Waals surface area contributed by atoms with Crippen LogP contribution in [0.5, 0.6) is 0 Å². The van der Waals surface area contributed by atoms with Crippen LogP contribution in [0.25, 0.3) is 20.7 Å². The minimum absolute atomic E-state index is 0.211. The Labute approximate surface area is 217 Å². The van der Waals surface area contributed by atoms with Gasteiger partial charge in [-0.25, -0.2) is 14.8 Å². The van der Waals surface area contributed by atoms with Crippen LogP contribution in [-0.2, 0) is 4.79 Å². The lowest BCUT2D eigenvalue weighted by atomic mass is 10.0. The number of imide groups is 1. The lowest BCUT2D eigenvalue weighted by Crippen LogP contribution is -2.46. The molecule has 11 heteroatoms. The number of rotatable bonds is 7. The highest BCUT2D eigenvalue weighted by atomic mass is 32.1. The van der Waals surface area contributed by atoms with Crippen LogP contribution in [0.2, 0.25) is 0 Å². The van der Waals surface area contributed by atoms with E-state index in [4.69, 9.17) is 0 Å². The van der Waals surface area contributed by atoms with Gasteiger partial charge in [0.05, 0.1) is 16.1 Å². The molecule has 10 nitrogen and oxygen atoms in total. The quantitative estimate of drug-likeness (QED) is 0.317. The lowest BCUT2D eigenvalue weighted by Gasteiger charge is -2.27. The van der Waals surface area contributed by atoms with Gasteiger partial charge in [0.2, 0.25) is 5.95 Å². The molecular weight excluding hydrogens is 490 g/mol. The maximum atomic E-state index is 12.6. The van der Waals surface area contributed by atoms with Gasteiger partial charge in [-0.1, -0.05) is 0 Å². The van der Waals surface area contributed by atoms with Crippen molar-refractivity contribution in [3.63, 3.8) is 0 Å². The second kappa shape index (κ2) is 9.58. The summed E-state index contributed by atoms with van der Waals surface area (Å²) in [6.45, 7) is 6.03. The average molecular weight is 516 g/mol. The largest absolute Gasteiger partial charge is 0.352 e. The van der Waals surface area contributed by atoms with Gasteiger partial charge < -0.3 is 15.5 Å². The van der Waals surface area contributed by atoms with Crippen molar-refractivity contribution in [2.75, 3.05) is 23.7 Å². The van der Waals surface area contributed by atoms with Crippen molar-refractivity contribution in [1.82, 2.24) is 25.2 Å². The molecule has 3 N–H and O–H groups in total. The summed E-state index contributed by atoms with van der Waals surface area (Å²) >= 11 is 1.59. The van der Waals surface area contributed by atoms with Gasteiger partial charge in [0.1, 0.15) is 5.54 Å². The van der Waals surface area contributed by atoms with Gasteiger partial charge in [-0.15, -0.1) is 11.3 Å². The predicted octanol–water partition coefficient (Wildman–Crippen LogP) is 4.06. The van der Waals surface area contributed by atoms with Gasteiger partial charge in [0, 0.05) is 42.1 Å². The van der Waals surface area contributed by atoms with Crippen molar-refractivity contribution < 1.29 is 14.4 Å². The van der Waals surface area contributed by atoms with Crippen molar-refractivity contribution in [3.8, 4) is 10.6 Å². The molecule has 4 heterocycles. The van der Waals surface area contributed by atoms with Crippen molar-refractivity contribution >= 4 is 50.9 Å². The number of benzene rings is 1. The standard InChI is InChI=1S/C26H25N7O3S/c1-15-10-17(14-27-13-15)22(34)30-18-4-5-20-16(11-18)12-21(37-20)19-6-7-28-24(31-19)29-8-9-33-25(36)32-23(35)26(33,2)3/h4-7,10-14H,8-9H2,1-3H3,(H,30,34)(H,28,29,31)(H,32,35,36). The third-order valence-corrected chi connectivity index (χ3v) is 7.27. The molecule has 1 aromatic carbocycles. The van der Waals surface area contributed by atoms with Gasteiger partial charge in [0.15, 0.2) is 0 Å². The maximum absolute atomic E-state index is 12.6. The average Bonchev–Trinajstić information content (AvgIpc) is 3.37. The summed E-state index contributed by atoms with van der Waals surface area (Å²) < 4.78 is 1.06. The predicted molar refractivity (Wildman–Crippen MR) is 143 cm³/mol. The zero-order valence-electron chi connectivity index (χ0n) is 20.5. The van der Waals surface area contributed by atoms with Gasteiger partial charge in [-0.2, -0.15) is 0 Å². The van der Waals surface area contributed by atoms with Gasteiger partial charge >= 0.3 is 6.03 Å². The monoisotopic (exact) mass is 515 g/mol. The molecule has 0 unspecified atom stereocenters. The molecule has 188 valence electrons. The van der Waals surface area contributed by atoms with E-state index in [0.29, 0.717) is 30.3 Å². The van der Waals surface area contributed by atoms with Crippen LogP contribution in [0, 0.1) is 6.92 Å². The Kier molecular flexibility index (Phi) is 6.30. The Bertz CT molecular complexity index is 1530. The maximum Gasteiger partial charge on any atom is 0.325 e. The van der Waals surface area contributed by atoms with E-state index in [1.165, 1.54) is 4.90 Å². The van der Waals surface area contributed by atoms with Gasteiger partial charge in [0.25, 0.3) is 11.8 Å². The van der Waals surface area contributed by atoms with E-state index in [0.717, 1.165) is 26.2 Å². The number of thiophene rings is 1. The molecule has 4 aromatic rings. The molecule has 3 aromatic heterocycles. The van der Waals surface area contributed by atoms with Crippen LogP contribution in [0.1, 0.15) is 29.8 Å². The Balaban J connectivity index is 1.27. The minimum Gasteiger partial charge on any atom is -0.352 e. The second-order valence-corrected chi connectivity index (χ2v) is 10.3. The number of anilines is 2. The highest BCUT2D eigenvalue weighted by molar-refractivity contribution is 7.22. The molecule has 0 bridgehead atoms. The summed E-state index contributed by atoms with van der Waals surface area (Å²) in [5.74, 6) is -0.0921. The van der Waals surface area contributed by atoms with Crippen LogP contribution < -0.4 is 16.0 Å². The first-order chi connectivity index (χ1) is 17.7. The van der Waals surface area contributed by atoms with E-state index >= 15 is 0 Å². The minimum atomic E-state index is -0.895. The summed E-state index contributed by atoms with van der Waals surface area (Å²) in [6.07, 6.45) is 4.93. The molecule has 0 aliphatic carbocycles. The molecule has 0 saturated carbocycles. The number of hydrogen-bond donors (Lipinski definition) is 3. The van der Waals surface area contributed by atoms with Crippen molar-refractivity contribution in [2.45, 2.75) is 26.3 Å². The van der Waals surface area contributed by atoms with Crippen LogP contribution in [0.4, 0.5) is 16.4 Å². The van der Waals surface area contributed by atoms with E-state index in [2.05, 4.69) is 30.9 Å². The fourth-order valence-electron chi connectivity index (χ4n) is 4.07. The molecule has 5 rings (SSSR count). The van der Waals surface area contributed by atoms with E-state index in [9.17, 15) is 14.4 Å². The molecule has 1 saturated heterocycles. The molecule has 37 heavy (non-hydrogen) atoms. The number of nitrogens with one attached hydrogen (secondary N) is 3. The molecule has 4 amide bonds. The van der Waals surface area contributed by atoms with Gasteiger partial charge in [-0.3, -0.25) is 19.9 Å². The Hall–Kier alpha value is -4.38. The number of aromatic nitrogens is 3. The lowest BCUT2D eigenvalue weighted by molar-refractivity contribution is -0.125. The topological polar surface area (TPSA) is 129 Å². The van der Waals surface area contributed by atoms with Crippen molar-refractivity contribution in [3.05, 3.63) is 66.1 Å². The van der Waals surface area contributed by atoms with E-state index in [1.807, 2.05) is 37.3 Å². The molecule has 1 aliphatic rings. The third-order valence-electron chi connectivity index (χ3n) is 6.13. The molecule has 0 spiro atoms. The normalized spacial score (nSPS) is 14.6. The summed E-state index contributed by atoms with van der Waals surface area (Å²) in [6, 6.07) is 11.0. The van der Waals surface area contributed by atoms with E-state index in [-0.39, 0.29) is 11.8 Å². The SMILES string of the molecule is Cc1cncc(C(=O)Nc2ccc3sc(-c4ccnc(NCCN5C(=O)NC(=O)C5(C)C)n4)cc3c2)c1. The molecule has 1 aliphatic heterocycles. The Morgan fingerprint density at radius 3 is 2.73 bits per heavy atom. The Morgan fingerprint density at radius 2 is 1.97 bits per heavy atom. The van der Waals surface area contributed by atoms with Crippen molar-refractivity contribution in [2.24, 2.45) is 0 Å². The molecule has 0 atom stereocenters. The van der Waals surface area contributed by atoms with Crippen molar-refractivity contribution in [1.29, 1.82) is 0 Å². The number of nitrogens with zero attached hydrogens (tertiary/aromatic N) is 4. The highest BCUT2D eigenvalue weighted by Gasteiger charge is 2.45. The number of pyridine rings is 1. The fourth-order valence-corrected chi connectivity index (χ4v) is 5.08. The number of aryl methyl sites for hydroxylation is 1.